The van der Waals surface area contributed by atoms with Crippen molar-refractivity contribution in [2.45, 2.75) is 52.9 Å². The first kappa shape index (κ1) is 16.8. The Bertz CT molecular complexity index is 127. The van der Waals surface area contributed by atoms with E-state index in [4.69, 9.17) is 4.74 Å². The Morgan fingerprint density at radius 3 is 2.27 bits per heavy atom. The van der Waals surface area contributed by atoms with Gasteiger partial charge in [0.25, 0.3) is 0 Å². The minimum atomic E-state index is 0.150. The molecule has 0 rings (SSSR count). The summed E-state index contributed by atoms with van der Waals surface area (Å²) in [6.07, 6.45) is 5.15. The Labute approximate surface area is 94.6 Å². The first-order chi connectivity index (χ1) is 7.31. The lowest BCUT2D eigenvalue weighted by atomic mass is 10.2. The third-order valence-electron chi connectivity index (χ3n) is 1.92. The SMILES string of the molecule is CC.CCC(=O)NCCCCCCOC. The molecule has 1 amide bonds. The van der Waals surface area contributed by atoms with Crippen molar-refractivity contribution in [3.8, 4) is 0 Å². The molecule has 0 atom stereocenters. The van der Waals surface area contributed by atoms with Gasteiger partial charge in [0.05, 0.1) is 0 Å². The summed E-state index contributed by atoms with van der Waals surface area (Å²) in [7, 11) is 1.72. The predicted molar refractivity (Wildman–Crippen MR) is 65.0 cm³/mol. The predicted octanol–water partition coefficient (Wildman–Crippen LogP) is 2.75. The molecule has 0 aliphatic heterocycles. The molecule has 92 valence electrons. The van der Waals surface area contributed by atoms with E-state index < -0.39 is 0 Å². The smallest absolute Gasteiger partial charge is 0.219 e. The highest BCUT2D eigenvalue weighted by molar-refractivity contribution is 5.75. The minimum absolute atomic E-state index is 0.150. The molecule has 0 aromatic rings. The van der Waals surface area contributed by atoms with Crippen molar-refractivity contribution >= 4 is 5.91 Å². The Balaban J connectivity index is 0. The Morgan fingerprint density at radius 1 is 1.13 bits per heavy atom. The van der Waals surface area contributed by atoms with Crippen molar-refractivity contribution in [1.82, 2.24) is 5.32 Å². The van der Waals surface area contributed by atoms with E-state index in [1.54, 1.807) is 7.11 Å². The molecule has 0 aliphatic carbocycles. The van der Waals surface area contributed by atoms with Gasteiger partial charge in [-0.1, -0.05) is 33.6 Å². The van der Waals surface area contributed by atoms with Crippen molar-refractivity contribution in [2.24, 2.45) is 0 Å². The third-order valence-corrected chi connectivity index (χ3v) is 1.92. The molecule has 15 heavy (non-hydrogen) atoms. The molecule has 0 aromatic carbocycles. The molecule has 0 spiro atoms. The first-order valence-corrected chi connectivity index (χ1v) is 6.07. The van der Waals surface area contributed by atoms with Crippen LogP contribution in [0.4, 0.5) is 0 Å². The molecule has 0 heterocycles. The number of ether oxygens (including phenoxy) is 1. The molecule has 0 aliphatic rings. The molecule has 0 fully saturated rings. The van der Waals surface area contributed by atoms with Crippen LogP contribution in [0.1, 0.15) is 52.9 Å². The summed E-state index contributed by atoms with van der Waals surface area (Å²) in [4.78, 5) is 10.8. The summed E-state index contributed by atoms with van der Waals surface area (Å²) in [6, 6.07) is 0. The molecular weight excluding hydrogens is 190 g/mol. The Hall–Kier alpha value is -0.570. The van der Waals surface area contributed by atoms with Gasteiger partial charge in [-0.15, -0.1) is 0 Å². The quantitative estimate of drug-likeness (QED) is 0.635. The van der Waals surface area contributed by atoms with Crippen LogP contribution in [0.25, 0.3) is 0 Å². The lowest BCUT2D eigenvalue weighted by Gasteiger charge is -2.02. The van der Waals surface area contributed by atoms with Gasteiger partial charge in [0.2, 0.25) is 5.91 Å². The summed E-state index contributed by atoms with van der Waals surface area (Å²) in [5.74, 6) is 0.150. The number of methoxy groups -OCH3 is 1. The minimum Gasteiger partial charge on any atom is -0.385 e. The van der Waals surface area contributed by atoms with E-state index in [1.165, 1.54) is 12.8 Å². The van der Waals surface area contributed by atoms with Gasteiger partial charge >= 0.3 is 0 Å². The highest BCUT2D eigenvalue weighted by Gasteiger charge is 1.94. The van der Waals surface area contributed by atoms with E-state index in [2.05, 4.69) is 5.32 Å². The first-order valence-electron chi connectivity index (χ1n) is 6.07. The van der Waals surface area contributed by atoms with E-state index in [1.807, 2.05) is 20.8 Å². The fraction of sp³-hybridized carbons (Fsp3) is 0.917. The molecule has 0 bridgehead atoms. The molecule has 0 unspecified atom stereocenters. The van der Waals surface area contributed by atoms with Crippen molar-refractivity contribution in [2.75, 3.05) is 20.3 Å². The topological polar surface area (TPSA) is 38.3 Å². The van der Waals surface area contributed by atoms with Gasteiger partial charge in [-0.05, 0) is 12.8 Å². The van der Waals surface area contributed by atoms with Crippen LogP contribution in [0.2, 0.25) is 0 Å². The van der Waals surface area contributed by atoms with Gasteiger partial charge in [-0.3, -0.25) is 4.79 Å². The fourth-order valence-electron chi connectivity index (χ4n) is 1.08. The second kappa shape index (κ2) is 15.9. The normalized spacial score (nSPS) is 9.07. The van der Waals surface area contributed by atoms with Gasteiger partial charge in [0.1, 0.15) is 0 Å². The van der Waals surface area contributed by atoms with Crippen LogP contribution in [0.3, 0.4) is 0 Å². The fourth-order valence-corrected chi connectivity index (χ4v) is 1.08. The molecule has 0 saturated carbocycles. The van der Waals surface area contributed by atoms with Crippen LogP contribution in [-0.4, -0.2) is 26.2 Å². The highest BCUT2D eigenvalue weighted by atomic mass is 16.5. The maximum Gasteiger partial charge on any atom is 0.219 e. The number of hydrogen-bond acceptors (Lipinski definition) is 2. The van der Waals surface area contributed by atoms with Crippen LogP contribution < -0.4 is 5.32 Å². The largest absolute Gasteiger partial charge is 0.385 e. The maximum atomic E-state index is 10.8. The molecule has 0 radical (unpaired) electrons. The van der Waals surface area contributed by atoms with Crippen LogP contribution in [0, 0.1) is 0 Å². The summed E-state index contributed by atoms with van der Waals surface area (Å²) >= 11 is 0. The highest BCUT2D eigenvalue weighted by Crippen LogP contribution is 1.98. The van der Waals surface area contributed by atoms with Gasteiger partial charge < -0.3 is 10.1 Å². The average molecular weight is 217 g/mol. The van der Waals surface area contributed by atoms with E-state index in [0.29, 0.717) is 6.42 Å². The molecule has 0 aromatic heterocycles. The Kier molecular flexibility index (Phi) is 17.8. The van der Waals surface area contributed by atoms with E-state index in [0.717, 1.165) is 26.0 Å². The average Bonchev–Trinajstić information content (AvgIpc) is 2.30. The number of rotatable bonds is 8. The lowest BCUT2D eigenvalue weighted by molar-refractivity contribution is -0.120. The van der Waals surface area contributed by atoms with Crippen LogP contribution >= 0.6 is 0 Å². The zero-order valence-corrected chi connectivity index (χ0v) is 10.8. The molecule has 3 heteroatoms. The van der Waals surface area contributed by atoms with E-state index in [-0.39, 0.29) is 5.91 Å². The lowest BCUT2D eigenvalue weighted by Crippen LogP contribution is -2.23. The van der Waals surface area contributed by atoms with Gasteiger partial charge in [-0.2, -0.15) is 0 Å². The van der Waals surface area contributed by atoms with Gasteiger partial charge in [-0.25, -0.2) is 0 Å². The summed E-state index contributed by atoms with van der Waals surface area (Å²) < 4.78 is 4.93. The number of carbonyl (C=O) groups excluding carboxylic acids is 1. The van der Waals surface area contributed by atoms with Gasteiger partial charge in [0, 0.05) is 26.7 Å². The standard InChI is InChI=1S/C10H21NO2.C2H6/c1-3-10(12)11-8-6-4-5-7-9-13-2;1-2/h3-9H2,1-2H3,(H,11,12);1-2H3. The molecule has 3 nitrogen and oxygen atoms in total. The van der Waals surface area contributed by atoms with E-state index in [9.17, 15) is 4.79 Å². The maximum absolute atomic E-state index is 10.8. The Morgan fingerprint density at radius 2 is 1.73 bits per heavy atom. The van der Waals surface area contributed by atoms with Crippen LogP contribution in [-0.2, 0) is 9.53 Å². The zero-order chi connectivity index (χ0) is 11.9. The van der Waals surface area contributed by atoms with Crippen molar-refractivity contribution in [3.05, 3.63) is 0 Å². The second-order valence-corrected chi connectivity index (χ2v) is 3.11. The van der Waals surface area contributed by atoms with Crippen LogP contribution in [0.15, 0.2) is 0 Å². The summed E-state index contributed by atoms with van der Waals surface area (Å²) in [5.41, 5.74) is 0. The number of hydrogen-bond donors (Lipinski definition) is 1. The van der Waals surface area contributed by atoms with E-state index >= 15 is 0 Å². The number of carbonyl (C=O) groups is 1. The van der Waals surface area contributed by atoms with Crippen molar-refractivity contribution in [3.63, 3.8) is 0 Å². The van der Waals surface area contributed by atoms with Gasteiger partial charge in [0.15, 0.2) is 0 Å². The number of unbranched alkanes of at least 4 members (excludes halogenated alkanes) is 3. The number of amides is 1. The van der Waals surface area contributed by atoms with Crippen molar-refractivity contribution < 1.29 is 9.53 Å². The second-order valence-electron chi connectivity index (χ2n) is 3.11. The summed E-state index contributed by atoms with van der Waals surface area (Å²) in [6.45, 7) is 7.54. The van der Waals surface area contributed by atoms with Crippen molar-refractivity contribution in [1.29, 1.82) is 0 Å². The monoisotopic (exact) mass is 217 g/mol. The zero-order valence-electron chi connectivity index (χ0n) is 10.8. The van der Waals surface area contributed by atoms with Crippen LogP contribution in [0.5, 0.6) is 0 Å². The summed E-state index contributed by atoms with van der Waals surface area (Å²) in [5, 5.41) is 2.85. The molecular formula is C12H27NO2. The third kappa shape index (κ3) is 16.1. The molecule has 0 saturated heterocycles. The number of nitrogens with one attached hydrogen (secondary N) is 1. The molecule has 1 N–H and O–H groups in total.